The summed E-state index contributed by atoms with van der Waals surface area (Å²) in [5.41, 5.74) is 4.76. The molecule has 0 radical (unpaired) electrons. The van der Waals surface area contributed by atoms with Gasteiger partial charge < -0.3 is 10.4 Å². The number of carboxylic acid groups (broad SMARTS) is 1. The summed E-state index contributed by atoms with van der Waals surface area (Å²) in [5, 5.41) is 14.6. The Labute approximate surface area is 163 Å². The van der Waals surface area contributed by atoms with E-state index in [-0.39, 0.29) is 18.8 Å². The Morgan fingerprint density at radius 2 is 1.41 bits per heavy atom. The number of hydrogen-bond donors (Lipinski definition) is 2. The van der Waals surface area contributed by atoms with Crippen molar-refractivity contribution in [2.24, 2.45) is 0 Å². The number of carboxylic acids is 1. The van der Waals surface area contributed by atoms with E-state index in [0.717, 1.165) is 38.7 Å². The van der Waals surface area contributed by atoms with Gasteiger partial charge in [-0.15, -0.1) is 12.4 Å². The Hall–Kier alpha value is -3.11. The van der Waals surface area contributed by atoms with E-state index in [1.165, 1.54) is 0 Å². The van der Waals surface area contributed by atoms with Gasteiger partial charge in [0.1, 0.15) is 0 Å². The molecule has 0 unspecified atom stereocenters. The van der Waals surface area contributed by atoms with Gasteiger partial charge in [-0.05, 0) is 30.2 Å². The first-order valence-corrected chi connectivity index (χ1v) is 8.56. The molecule has 0 aliphatic rings. The number of para-hydroxylation sites is 3. The molecule has 27 heavy (non-hydrogen) atoms. The second kappa shape index (κ2) is 8.06. The molecule has 136 valence electrons. The summed E-state index contributed by atoms with van der Waals surface area (Å²) in [6.45, 7) is 0. The molecule has 4 rings (SSSR count). The molecule has 2 N–H and O–H groups in total. The van der Waals surface area contributed by atoms with Gasteiger partial charge in [-0.25, -0.2) is 4.98 Å². The second-order valence-corrected chi connectivity index (χ2v) is 6.20. The molecule has 0 aliphatic heterocycles. The van der Waals surface area contributed by atoms with Crippen molar-refractivity contribution >= 4 is 51.6 Å². The molecule has 1 aromatic heterocycles. The summed E-state index contributed by atoms with van der Waals surface area (Å²) in [6, 6.07) is 23.9. The maximum atomic E-state index is 11.0. The highest BCUT2D eigenvalue weighted by molar-refractivity contribution is 6.08. The predicted octanol–water partition coefficient (Wildman–Crippen LogP) is 5.57. The number of carbonyl (C=O) groups is 1. The Morgan fingerprint density at radius 1 is 0.852 bits per heavy atom. The Balaban J connectivity index is 0.00000210. The number of hydrogen-bond acceptors (Lipinski definition) is 3. The number of anilines is 2. The van der Waals surface area contributed by atoms with Gasteiger partial charge in [0.25, 0.3) is 0 Å². The fourth-order valence-corrected chi connectivity index (χ4v) is 3.21. The second-order valence-electron chi connectivity index (χ2n) is 6.20. The van der Waals surface area contributed by atoms with Crippen LogP contribution >= 0.6 is 12.4 Å². The van der Waals surface area contributed by atoms with E-state index < -0.39 is 5.97 Å². The molecular formula is C22H19ClN2O2. The number of aliphatic carboxylic acids is 1. The van der Waals surface area contributed by atoms with Crippen molar-refractivity contribution in [3.8, 4) is 0 Å². The van der Waals surface area contributed by atoms with Gasteiger partial charge in [-0.3, -0.25) is 4.79 Å². The minimum atomic E-state index is -0.792. The average Bonchev–Trinajstić information content (AvgIpc) is 2.67. The molecule has 4 nitrogen and oxygen atoms in total. The number of rotatable bonds is 5. The summed E-state index contributed by atoms with van der Waals surface area (Å²) in [6.07, 6.45) is 0.593. The van der Waals surface area contributed by atoms with Crippen LogP contribution in [0.25, 0.3) is 21.8 Å². The number of halogens is 1. The van der Waals surface area contributed by atoms with Crippen LogP contribution < -0.4 is 5.32 Å². The quantitative estimate of drug-likeness (QED) is 0.445. The zero-order valence-corrected chi connectivity index (χ0v) is 15.4. The van der Waals surface area contributed by atoms with Crippen LogP contribution in [-0.2, 0) is 11.2 Å². The first-order chi connectivity index (χ1) is 12.7. The van der Waals surface area contributed by atoms with Crippen LogP contribution in [0.1, 0.15) is 12.0 Å². The Kier molecular flexibility index (Phi) is 5.57. The largest absolute Gasteiger partial charge is 0.481 e. The number of aromatic nitrogens is 1. The molecular weight excluding hydrogens is 360 g/mol. The fourth-order valence-electron chi connectivity index (χ4n) is 3.21. The van der Waals surface area contributed by atoms with Crippen molar-refractivity contribution in [3.05, 3.63) is 78.4 Å². The minimum Gasteiger partial charge on any atom is -0.481 e. The lowest BCUT2D eigenvalue weighted by Gasteiger charge is -2.16. The predicted molar refractivity (Wildman–Crippen MR) is 112 cm³/mol. The summed E-state index contributed by atoms with van der Waals surface area (Å²) in [7, 11) is 0. The maximum Gasteiger partial charge on any atom is 0.303 e. The molecule has 0 saturated carbocycles. The van der Waals surface area contributed by atoms with Crippen LogP contribution in [0.4, 0.5) is 11.4 Å². The van der Waals surface area contributed by atoms with E-state index in [2.05, 4.69) is 17.4 Å². The molecule has 0 saturated heterocycles. The topological polar surface area (TPSA) is 62.2 Å². The van der Waals surface area contributed by atoms with Gasteiger partial charge in [-0.2, -0.15) is 0 Å². The number of aryl methyl sites for hydroxylation is 1. The highest BCUT2D eigenvalue weighted by atomic mass is 35.5. The van der Waals surface area contributed by atoms with Gasteiger partial charge >= 0.3 is 5.97 Å². The van der Waals surface area contributed by atoms with E-state index in [1.54, 1.807) is 0 Å². The van der Waals surface area contributed by atoms with Crippen molar-refractivity contribution in [2.75, 3.05) is 5.32 Å². The molecule has 0 atom stereocenters. The van der Waals surface area contributed by atoms with E-state index >= 15 is 0 Å². The summed E-state index contributed by atoms with van der Waals surface area (Å²) in [5.74, 6) is -0.792. The number of benzene rings is 3. The third kappa shape index (κ3) is 3.86. The summed E-state index contributed by atoms with van der Waals surface area (Å²) < 4.78 is 0. The molecule has 3 aromatic carbocycles. The van der Waals surface area contributed by atoms with E-state index in [9.17, 15) is 4.79 Å². The fraction of sp³-hybridized carbons (Fsp3) is 0.0909. The van der Waals surface area contributed by atoms with Gasteiger partial charge in [0.15, 0.2) is 0 Å². The zero-order chi connectivity index (χ0) is 17.9. The average molecular weight is 379 g/mol. The summed E-state index contributed by atoms with van der Waals surface area (Å²) in [4.78, 5) is 15.7. The first-order valence-electron chi connectivity index (χ1n) is 8.56. The van der Waals surface area contributed by atoms with Crippen LogP contribution in [0.2, 0.25) is 0 Å². The highest BCUT2D eigenvalue weighted by Crippen LogP contribution is 2.34. The normalized spacial score (nSPS) is 10.5. The smallest absolute Gasteiger partial charge is 0.303 e. The number of fused-ring (bicyclic) bond motifs is 2. The van der Waals surface area contributed by atoms with Gasteiger partial charge in [0.2, 0.25) is 0 Å². The highest BCUT2D eigenvalue weighted by Gasteiger charge is 2.11. The van der Waals surface area contributed by atoms with Crippen molar-refractivity contribution in [3.63, 3.8) is 0 Å². The van der Waals surface area contributed by atoms with Crippen LogP contribution in [0.3, 0.4) is 0 Å². The molecule has 5 heteroatoms. The third-order valence-corrected chi connectivity index (χ3v) is 4.47. The summed E-state index contributed by atoms with van der Waals surface area (Å²) >= 11 is 0. The molecule has 4 aromatic rings. The van der Waals surface area contributed by atoms with Crippen LogP contribution in [0, 0.1) is 0 Å². The van der Waals surface area contributed by atoms with E-state index in [4.69, 9.17) is 10.1 Å². The van der Waals surface area contributed by atoms with Crippen molar-refractivity contribution < 1.29 is 9.90 Å². The van der Waals surface area contributed by atoms with Crippen molar-refractivity contribution in [1.29, 1.82) is 0 Å². The van der Waals surface area contributed by atoms with Gasteiger partial charge in [0.05, 0.1) is 16.7 Å². The van der Waals surface area contributed by atoms with Crippen LogP contribution in [0.5, 0.6) is 0 Å². The number of nitrogens with zero attached hydrogens (tertiary/aromatic N) is 1. The zero-order valence-electron chi connectivity index (χ0n) is 14.6. The van der Waals surface area contributed by atoms with Crippen LogP contribution in [0.15, 0.2) is 72.8 Å². The van der Waals surface area contributed by atoms with Crippen LogP contribution in [-0.4, -0.2) is 16.1 Å². The third-order valence-electron chi connectivity index (χ3n) is 4.47. The van der Waals surface area contributed by atoms with Gasteiger partial charge in [-0.1, -0.05) is 54.6 Å². The van der Waals surface area contributed by atoms with E-state index in [1.807, 2.05) is 60.7 Å². The maximum absolute atomic E-state index is 11.0. The number of nitrogens with one attached hydrogen (secondary N) is 1. The lowest BCUT2D eigenvalue weighted by molar-refractivity contribution is -0.136. The van der Waals surface area contributed by atoms with Gasteiger partial charge in [0, 0.05) is 22.9 Å². The molecule has 1 heterocycles. The van der Waals surface area contributed by atoms with E-state index in [0.29, 0.717) is 6.42 Å². The lowest BCUT2D eigenvalue weighted by atomic mass is 10.0. The molecule has 0 aliphatic carbocycles. The standard InChI is InChI=1S/C22H18N2O2.ClH/c25-21(26)14-13-15-7-1-4-10-18(15)24-22-16-8-2-5-11-19(16)23-20-12-6-3-9-17(20)22;/h1-12H,13-14H2,(H,23,24)(H,25,26);1H. The first kappa shape index (κ1) is 18.7. The lowest BCUT2D eigenvalue weighted by Crippen LogP contribution is -2.02. The molecule has 0 fully saturated rings. The number of pyridine rings is 1. The molecule has 0 bridgehead atoms. The monoisotopic (exact) mass is 378 g/mol. The Bertz CT molecular complexity index is 1060. The minimum absolute atomic E-state index is 0. The van der Waals surface area contributed by atoms with Crippen molar-refractivity contribution in [1.82, 2.24) is 4.98 Å². The van der Waals surface area contributed by atoms with Crippen molar-refractivity contribution in [2.45, 2.75) is 12.8 Å². The Morgan fingerprint density at radius 3 is 2.04 bits per heavy atom. The molecule has 0 amide bonds. The SMILES string of the molecule is Cl.O=C(O)CCc1ccccc1Nc1c2ccccc2nc2ccccc12. The molecule has 0 spiro atoms.